The van der Waals surface area contributed by atoms with E-state index >= 15 is 0 Å². The number of anilines is 1. The Hall–Kier alpha value is -1.14. The molecule has 1 aromatic rings. The van der Waals surface area contributed by atoms with Crippen LogP contribution in [0.25, 0.3) is 0 Å². The van der Waals surface area contributed by atoms with Crippen molar-refractivity contribution in [2.45, 2.75) is 31.9 Å². The molecular formula is C13H20N2O2S2. The van der Waals surface area contributed by atoms with Gasteiger partial charge in [0.2, 0.25) is 10.0 Å². The van der Waals surface area contributed by atoms with E-state index in [9.17, 15) is 8.42 Å². The summed E-state index contributed by atoms with van der Waals surface area (Å²) in [6, 6.07) is 8.99. The Morgan fingerprint density at radius 2 is 1.79 bits per heavy atom. The van der Waals surface area contributed by atoms with E-state index in [1.54, 1.807) is 45.0 Å². The summed E-state index contributed by atoms with van der Waals surface area (Å²) in [5.41, 5.74) is 6.11. The molecule has 4 nitrogen and oxygen atoms in total. The Labute approximate surface area is 120 Å². The van der Waals surface area contributed by atoms with Crippen molar-refractivity contribution in [3.05, 3.63) is 30.3 Å². The van der Waals surface area contributed by atoms with Crippen LogP contribution in [0.1, 0.15) is 27.2 Å². The van der Waals surface area contributed by atoms with E-state index in [0.717, 1.165) is 0 Å². The van der Waals surface area contributed by atoms with Gasteiger partial charge < -0.3 is 5.73 Å². The second-order valence-corrected chi connectivity index (χ2v) is 8.38. The van der Waals surface area contributed by atoms with Crippen molar-refractivity contribution in [3.63, 3.8) is 0 Å². The third kappa shape index (κ3) is 3.91. The van der Waals surface area contributed by atoms with Gasteiger partial charge >= 0.3 is 0 Å². The van der Waals surface area contributed by atoms with E-state index < -0.39 is 14.8 Å². The number of rotatable bonds is 5. The molecule has 0 aromatic heterocycles. The summed E-state index contributed by atoms with van der Waals surface area (Å²) in [5, 5.41) is 0. The molecule has 0 saturated carbocycles. The van der Waals surface area contributed by atoms with E-state index in [2.05, 4.69) is 0 Å². The van der Waals surface area contributed by atoms with Crippen LogP contribution in [0.5, 0.6) is 0 Å². The highest BCUT2D eigenvalue weighted by Crippen LogP contribution is 2.26. The molecule has 6 heteroatoms. The van der Waals surface area contributed by atoms with Crippen LogP contribution in [0, 0.1) is 0 Å². The number of thiocarbonyl (C=S) groups is 1. The molecule has 0 aliphatic carbocycles. The van der Waals surface area contributed by atoms with Crippen LogP contribution in [-0.4, -0.2) is 24.7 Å². The maximum absolute atomic E-state index is 12.6. The maximum Gasteiger partial charge on any atom is 0.240 e. The van der Waals surface area contributed by atoms with Gasteiger partial charge in [0.25, 0.3) is 0 Å². The highest BCUT2D eigenvalue weighted by atomic mass is 32.2. The lowest BCUT2D eigenvalue weighted by Gasteiger charge is -2.31. The van der Waals surface area contributed by atoms with Crippen LogP contribution < -0.4 is 10.0 Å². The van der Waals surface area contributed by atoms with E-state index in [1.165, 1.54) is 4.31 Å². The molecule has 0 fully saturated rings. The molecule has 0 bridgehead atoms. The number of nitrogens with two attached hydrogens (primary N) is 1. The SMILES string of the molecule is CC(C)(C)S(=O)(=O)N(CCC(N)=S)c1ccccc1. The Bertz CT molecular complexity index is 534. The first kappa shape index (κ1) is 15.9. The van der Waals surface area contributed by atoms with Gasteiger partial charge in [0.05, 0.1) is 15.4 Å². The largest absolute Gasteiger partial charge is 0.393 e. The highest BCUT2D eigenvalue weighted by molar-refractivity contribution is 7.94. The van der Waals surface area contributed by atoms with Crippen LogP contribution in [0.3, 0.4) is 0 Å². The van der Waals surface area contributed by atoms with Gasteiger partial charge in [0, 0.05) is 13.0 Å². The van der Waals surface area contributed by atoms with Crippen LogP contribution in [0.15, 0.2) is 30.3 Å². The topological polar surface area (TPSA) is 63.4 Å². The smallest absolute Gasteiger partial charge is 0.240 e. The maximum atomic E-state index is 12.6. The molecule has 2 N–H and O–H groups in total. The average Bonchev–Trinajstić information content (AvgIpc) is 2.28. The van der Waals surface area contributed by atoms with Gasteiger partial charge in [-0.25, -0.2) is 8.42 Å². The zero-order chi connectivity index (χ0) is 14.7. The summed E-state index contributed by atoms with van der Waals surface area (Å²) in [6.07, 6.45) is 0.361. The van der Waals surface area contributed by atoms with Crippen molar-refractivity contribution < 1.29 is 8.42 Å². The Balaban J connectivity index is 3.18. The predicted octanol–water partition coefficient (Wildman–Crippen LogP) is 2.30. The van der Waals surface area contributed by atoms with Gasteiger partial charge in [-0.15, -0.1) is 0 Å². The van der Waals surface area contributed by atoms with Gasteiger partial charge in [0.15, 0.2) is 0 Å². The van der Waals surface area contributed by atoms with E-state index in [4.69, 9.17) is 18.0 Å². The summed E-state index contributed by atoms with van der Waals surface area (Å²) in [5.74, 6) is 0. The monoisotopic (exact) mass is 300 g/mol. The molecule has 1 aromatic carbocycles. The lowest BCUT2D eigenvalue weighted by molar-refractivity contribution is 0.555. The molecule has 0 aliphatic rings. The van der Waals surface area contributed by atoms with Gasteiger partial charge in [-0.1, -0.05) is 30.4 Å². The minimum atomic E-state index is -3.47. The number of hydrogen-bond acceptors (Lipinski definition) is 3. The Morgan fingerprint density at radius 1 is 1.26 bits per heavy atom. The molecule has 0 saturated heterocycles. The quantitative estimate of drug-likeness (QED) is 0.848. The molecule has 0 aliphatic heterocycles. The normalized spacial score (nSPS) is 12.2. The molecule has 0 spiro atoms. The molecule has 0 unspecified atom stereocenters. The van der Waals surface area contributed by atoms with E-state index in [1.807, 2.05) is 6.07 Å². The molecule has 0 atom stereocenters. The Kier molecular flexibility index (Phi) is 4.92. The number of hydrogen-bond donors (Lipinski definition) is 1. The molecular weight excluding hydrogens is 280 g/mol. The fourth-order valence-electron chi connectivity index (χ4n) is 1.52. The fraction of sp³-hybridized carbons (Fsp3) is 0.462. The molecule has 19 heavy (non-hydrogen) atoms. The number of sulfonamides is 1. The van der Waals surface area contributed by atoms with Crippen molar-refractivity contribution in [2.75, 3.05) is 10.8 Å². The van der Waals surface area contributed by atoms with Gasteiger partial charge in [-0.05, 0) is 32.9 Å². The summed E-state index contributed by atoms with van der Waals surface area (Å²) < 4.78 is 25.7. The third-order valence-electron chi connectivity index (χ3n) is 2.67. The first-order chi connectivity index (χ1) is 8.66. The van der Waals surface area contributed by atoms with Gasteiger partial charge in [-0.3, -0.25) is 4.31 Å². The van der Waals surface area contributed by atoms with Crippen molar-refractivity contribution in [2.24, 2.45) is 5.73 Å². The standard InChI is InChI=1S/C13H20N2O2S2/c1-13(2,3)19(16,17)15(10-9-12(14)18)11-7-5-4-6-8-11/h4-8H,9-10H2,1-3H3,(H2,14,18). The van der Waals surface area contributed by atoms with Crippen molar-refractivity contribution in [3.8, 4) is 0 Å². The first-order valence-electron chi connectivity index (χ1n) is 6.02. The van der Waals surface area contributed by atoms with Gasteiger partial charge in [0.1, 0.15) is 0 Å². The second kappa shape index (κ2) is 5.88. The summed E-state index contributed by atoms with van der Waals surface area (Å²) in [6.45, 7) is 5.30. The molecule has 0 radical (unpaired) electrons. The predicted molar refractivity (Wildman–Crippen MR) is 83.9 cm³/mol. The summed E-state index contributed by atoms with van der Waals surface area (Å²) >= 11 is 4.84. The van der Waals surface area contributed by atoms with E-state index in [-0.39, 0.29) is 6.54 Å². The van der Waals surface area contributed by atoms with Crippen LogP contribution in [0.2, 0.25) is 0 Å². The van der Waals surface area contributed by atoms with Crippen molar-refractivity contribution in [1.82, 2.24) is 0 Å². The number of para-hydroxylation sites is 1. The molecule has 1 rings (SSSR count). The fourth-order valence-corrected chi connectivity index (χ4v) is 3.01. The zero-order valence-corrected chi connectivity index (χ0v) is 13.1. The summed E-state index contributed by atoms with van der Waals surface area (Å²) in [7, 11) is -3.47. The van der Waals surface area contributed by atoms with Crippen LogP contribution >= 0.6 is 12.2 Å². The minimum Gasteiger partial charge on any atom is -0.393 e. The number of nitrogens with zero attached hydrogens (tertiary/aromatic N) is 1. The summed E-state index contributed by atoms with van der Waals surface area (Å²) in [4.78, 5) is 0.310. The Morgan fingerprint density at radius 3 is 2.21 bits per heavy atom. The van der Waals surface area contributed by atoms with Crippen molar-refractivity contribution in [1.29, 1.82) is 0 Å². The first-order valence-corrected chi connectivity index (χ1v) is 7.87. The number of benzene rings is 1. The third-order valence-corrected chi connectivity index (χ3v) is 5.39. The molecule has 0 heterocycles. The zero-order valence-electron chi connectivity index (χ0n) is 11.5. The molecule has 0 amide bonds. The molecule has 106 valence electrons. The average molecular weight is 300 g/mol. The van der Waals surface area contributed by atoms with Gasteiger partial charge in [-0.2, -0.15) is 0 Å². The van der Waals surface area contributed by atoms with Crippen LogP contribution in [-0.2, 0) is 10.0 Å². The minimum absolute atomic E-state index is 0.263. The lowest BCUT2D eigenvalue weighted by Crippen LogP contribution is -2.44. The van der Waals surface area contributed by atoms with E-state index in [0.29, 0.717) is 17.1 Å². The van der Waals surface area contributed by atoms with Crippen molar-refractivity contribution >= 4 is 32.9 Å². The van der Waals surface area contributed by atoms with Crippen LogP contribution in [0.4, 0.5) is 5.69 Å². The highest BCUT2D eigenvalue weighted by Gasteiger charge is 2.35. The second-order valence-electron chi connectivity index (χ2n) is 5.24. The lowest BCUT2D eigenvalue weighted by atomic mass is 10.3.